The molecule has 0 aliphatic carbocycles. The number of H-pyrrole nitrogens is 1. The second kappa shape index (κ2) is 12.9. The predicted octanol–water partition coefficient (Wildman–Crippen LogP) is -2.21. The van der Waals surface area contributed by atoms with Crippen molar-refractivity contribution in [3.63, 3.8) is 0 Å². The zero-order valence-electron chi connectivity index (χ0n) is 17.4. The van der Waals surface area contributed by atoms with Crippen molar-refractivity contribution in [2.45, 2.75) is 50.9 Å². The highest BCUT2D eigenvalue weighted by Crippen LogP contribution is 2.10. The van der Waals surface area contributed by atoms with Crippen LogP contribution in [0.5, 0.6) is 0 Å². The maximum Gasteiger partial charge on any atom is 0.328 e. The maximum atomic E-state index is 13.0. The maximum absolute atomic E-state index is 13.0. The first kappa shape index (κ1) is 26.4. The first-order valence-electron chi connectivity index (χ1n) is 9.72. The van der Waals surface area contributed by atoms with Crippen LogP contribution in [-0.4, -0.2) is 80.4 Å². The number of aromatic amines is 1. The van der Waals surface area contributed by atoms with Gasteiger partial charge in [0.05, 0.1) is 19.0 Å². The summed E-state index contributed by atoms with van der Waals surface area (Å²) in [6, 6.07) is -4.61. The molecule has 0 aliphatic rings. The van der Waals surface area contributed by atoms with Crippen molar-refractivity contribution in [3.8, 4) is 0 Å². The zero-order valence-corrected chi connectivity index (χ0v) is 18.3. The van der Waals surface area contributed by atoms with Gasteiger partial charge in [0.1, 0.15) is 18.1 Å². The lowest BCUT2D eigenvalue weighted by molar-refractivity contribution is -0.143. The summed E-state index contributed by atoms with van der Waals surface area (Å²) < 4.78 is 0. The molecule has 1 aromatic rings. The van der Waals surface area contributed by atoms with Gasteiger partial charge in [0.25, 0.3) is 0 Å². The summed E-state index contributed by atoms with van der Waals surface area (Å²) in [6.07, 6.45) is 3.46. The van der Waals surface area contributed by atoms with Gasteiger partial charge in [0, 0.05) is 24.1 Å². The fraction of sp³-hybridized carbons (Fsp3) is 0.611. The van der Waals surface area contributed by atoms with E-state index in [1.54, 1.807) is 13.8 Å². The molecule has 8 N–H and O–H groups in total. The third-order valence-electron chi connectivity index (χ3n) is 4.74. The number of carbonyl (C=O) groups excluding carboxylic acids is 3. The number of rotatable bonds is 13. The number of thiol groups is 1. The minimum Gasteiger partial charge on any atom is -0.480 e. The molecule has 0 aromatic carbocycles. The number of aliphatic hydroxyl groups excluding tert-OH is 1. The molecule has 174 valence electrons. The van der Waals surface area contributed by atoms with Gasteiger partial charge >= 0.3 is 5.97 Å². The third kappa shape index (κ3) is 8.19. The highest BCUT2D eigenvalue weighted by molar-refractivity contribution is 7.80. The molecule has 1 rings (SSSR count). The van der Waals surface area contributed by atoms with Gasteiger partial charge < -0.3 is 36.9 Å². The number of hydrogen-bond acceptors (Lipinski definition) is 8. The Bertz CT molecular complexity index is 746. The molecular formula is C18H30N6O6S. The van der Waals surface area contributed by atoms with Crippen LogP contribution in [0.4, 0.5) is 0 Å². The van der Waals surface area contributed by atoms with Crippen LogP contribution in [0.15, 0.2) is 12.5 Å². The Balaban J connectivity index is 3.03. The van der Waals surface area contributed by atoms with Crippen LogP contribution in [0.3, 0.4) is 0 Å². The third-order valence-corrected chi connectivity index (χ3v) is 5.13. The average Bonchev–Trinajstić information content (AvgIpc) is 3.26. The minimum absolute atomic E-state index is 0.0557. The number of nitrogens with one attached hydrogen (secondary N) is 4. The Kier molecular flexibility index (Phi) is 11.0. The topological polar surface area (TPSA) is 200 Å². The number of nitrogens with two attached hydrogens (primary N) is 1. The quantitative estimate of drug-likeness (QED) is 0.152. The number of aliphatic hydroxyl groups is 1. The number of aromatic nitrogens is 2. The number of carboxylic acids is 1. The highest BCUT2D eigenvalue weighted by Gasteiger charge is 2.32. The first-order chi connectivity index (χ1) is 14.6. The molecule has 1 heterocycles. The molecule has 3 amide bonds. The van der Waals surface area contributed by atoms with Gasteiger partial charge in [-0.1, -0.05) is 20.3 Å². The molecule has 5 atom stereocenters. The van der Waals surface area contributed by atoms with Gasteiger partial charge in [-0.15, -0.1) is 0 Å². The van der Waals surface area contributed by atoms with Gasteiger partial charge in [-0.2, -0.15) is 12.6 Å². The highest BCUT2D eigenvalue weighted by atomic mass is 32.1. The molecule has 12 nitrogen and oxygen atoms in total. The molecule has 0 aliphatic heterocycles. The number of carboxylic acid groups (broad SMARTS) is 1. The van der Waals surface area contributed by atoms with Crippen LogP contribution < -0.4 is 21.7 Å². The summed E-state index contributed by atoms with van der Waals surface area (Å²) in [6.45, 7) is 2.70. The summed E-state index contributed by atoms with van der Waals surface area (Å²) in [4.78, 5) is 55.7. The van der Waals surface area contributed by atoms with Crippen molar-refractivity contribution in [1.29, 1.82) is 0 Å². The Labute approximate surface area is 185 Å². The van der Waals surface area contributed by atoms with E-state index in [0.717, 1.165) is 0 Å². The Morgan fingerprint density at radius 3 is 2.29 bits per heavy atom. The molecular weight excluding hydrogens is 428 g/mol. The second-order valence-electron chi connectivity index (χ2n) is 7.08. The fourth-order valence-electron chi connectivity index (χ4n) is 2.59. The molecule has 31 heavy (non-hydrogen) atoms. The number of nitrogens with zero attached hydrogens (tertiary/aromatic N) is 1. The van der Waals surface area contributed by atoms with Gasteiger partial charge in [-0.3, -0.25) is 14.4 Å². The molecule has 0 saturated carbocycles. The van der Waals surface area contributed by atoms with Gasteiger partial charge in [-0.05, 0) is 5.92 Å². The molecule has 0 bridgehead atoms. The number of aliphatic carboxylic acids is 1. The van der Waals surface area contributed by atoms with Crippen molar-refractivity contribution in [2.75, 3.05) is 12.4 Å². The van der Waals surface area contributed by atoms with Crippen LogP contribution in [-0.2, 0) is 25.6 Å². The Morgan fingerprint density at radius 1 is 1.16 bits per heavy atom. The lowest BCUT2D eigenvalue weighted by atomic mass is 9.97. The fourth-order valence-corrected chi connectivity index (χ4v) is 2.76. The first-order valence-corrected chi connectivity index (χ1v) is 10.4. The monoisotopic (exact) mass is 458 g/mol. The van der Waals surface area contributed by atoms with Crippen molar-refractivity contribution in [2.24, 2.45) is 11.7 Å². The van der Waals surface area contributed by atoms with Crippen LogP contribution in [0, 0.1) is 5.92 Å². The summed E-state index contributed by atoms with van der Waals surface area (Å²) >= 11 is 3.97. The molecule has 13 heteroatoms. The van der Waals surface area contributed by atoms with Crippen molar-refractivity contribution < 1.29 is 29.4 Å². The van der Waals surface area contributed by atoms with Crippen molar-refractivity contribution >= 4 is 36.3 Å². The number of amides is 3. The number of carbonyl (C=O) groups is 4. The van der Waals surface area contributed by atoms with Crippen LogP contribution >= 0.6 is 12.6 Å². The second-order valence-corrected chi connectivity index (χ2v) is 7.45. The lowest BCUT2D eigenvalue weighted by Gasteiger charge is -2.27. The van der Waals surface area contributed by atoms with E-state index in [1.165, 1.54) is 12.5 Å². The van der Waals surface area contributed by atoms with E-state index in [9.17, 15) is 19.2 Å². The van der Waals surface area contributed by atoms with Crippen LogP contribution in [0.1, 0.15) is 26.0 Å². The van der Waals surface area contributed by atoms with Gasteiger partial charge in [0.2, 0.25) is 17.7 Å². The standard InChI is InChI=1S/C18H30N6O6S/c1-3-9(2)14(17(28)23-13(6-25)18(29)30)24-16(27)12(4-10-5-20-8-21-10)22-15(26)11(19)7-31/h5,8-9,11-14,25,31H,3-4,6-7,19H2,1-2H3,(H,20,21)(H,22,26)(H,23,28)(H,24,27)(H,29,30). The Hall–Kier alpha value is -2.64. The lowest BCUT2D eigenvalue weighted by Crippen LogP contribution is -2.59. The van der Waals surface area contributed by atoms with E-state index >= 15 is 0 Å². The Morgan fingerprint density at radius 2 is 1.81 bits per heavy atom. The zero-order chi connectivity index (χ0) is 23.6. The summed E-state index contributed by atoms with van der Waals surface area (Å²) in [5.41, 5.74) is 6.24. The SMILES string of the molecule is CCC(C)C(NC(=O)C(Cc1cnc[nH]1)NC(=O)C(N)CS)C(=O)NC(CO)C(=O)O. The normalized spacial score (nSPS) is 15.8. The van der Waals surface area contributed by atoms with E-state index < -0.39 is 54.5 Å². The molecule has 0 fully saturated rings. The van der Waals surface area contributed by atoms with E-state index in [4.69, 9.17) is 15.9 Å². The van der Waals surface area contributed by atoms with E-state index in [1.807, 2.05) is 0 Å². The van der Waals surface area contributed by atoms with Crippen molar-refractivity contribution in [3.05, 3.63) is 18.2 Å². The molecule has 1 aromatic heterocycles. The van der Waals surface area contributed by atoms with Crippen LogP contribution in [0.2, 0.25) is 0 Å². The minimum atomic E-state index is -1.51. The number of imidazole rings is 1. The van der Waals surface area contributed by atoms with E-state index in [2.05, 4.69) is 38.5 Å². The summed E-state index contributed by atoms with van der Waals surface area (Å²) in [5.74, 6) is -3.71. The smallest absolute Gasteiger partial charge is 0.328 e. The van der Waals surface area contributed by atoms with Gasteiger partial charge in [-0.25, -0.2) is 9.78 Å². The van der Waals surface area contributed by atoms with E-state index in [-0.39, 0.29) is 18.1 Å². The molecule has 5 unspecified atom stereocenters. The van der Waals surface area contributed by atoms with Gasteiger partial charge in [0.15, 0.2) is 0 Å². The average molecular weight is 459 g/mol. The summed E-state index contributed by atoms with van der Waals surface area (Å²) in [7, 11) is 0. The largest absolute Gasteiger partial charge is 0.480 e. The summed E-state index contributed by atoms with van der Waals surface area (Å²) in [5, 5.41) is 25.5. The van der Waals surface area contributed by atoms with Crippen LogP contribution in [0.25, 0.3) is 0 Å². The molecule has 0 radical (unpaired) electrons. The number of hydrogen-bond donors (Lipinski definition) is 8. The molecule has 0 spiro atoms. The van der Waals surface area contributed by atoms with Crippen molar-refractivity contribution in [1.82, 2.24) is 25.9 Å². The molecule has 0 saturated heterocycles. The van der Waals surface area contributed by atoms with E-state index in [0.29, 0.717) is 12.1 Å². The predicted molar refractivity (Wildman–Crippen MR) is 114 cm³/mol.